The number of unbranched alkanes of at least 4 members (excludes halogenated alkanes) is 3. The Bertz CT molecular complexity index is 1860. The average molecular weight is 1180 g/mol. The van der Waals surface area contributed by atoms with E-state index in [9.17, 15) is 74.1 Å². The van der Waals surface area contributed by atoms with Crippen LogP contribution < -0.4 is 42.5 Å². The van der Waals surface area contributed by atoms with E-state index in [4.69, 9.17) is 33.2 Å². The Labute approximate surface area is 478 Å². The Hall–Kier alpha value is -4.80. The lowest BCUT2D eigenvalue weighted by molar-refractivity contribution is -0.270. The van der Waals surface area contributed by atoms with Gasteiger partial charge in [0, 0.05) is 105 Å². The second-order valence-electron chi connectivity index (χ2n) is 20.1. The minimum atomic E-state index is -1.46. The third-order valence-electron chi connectivity index (χ3n) is 13.0. The normalized spacial score (nSPS) is 23.1. The molecule has 2 rings (SSSR count). The Morgan fingerprint density at radius 2 is 0.939 bits per heavy atom. The van der Waals surface area contributed by atoms with Crippen molar-refractivity contribution in [1.29, 1.82) is 0 Å². The largest absolute Gasteiger partial charge is 0.396 e. The monoisotopic (exact) mass is 1180 g/mol. The van der Waals surface area contributed by atoms with Gasteiger partial charge in [-0.1, -0.05) is 6.42 Å². The minimum absolute atomic E-state index is 0.00165. The summed E-state index contributed by atoms with van der Waals surface area (Å²) in [6.45, 7) is 2.62. The number of hydrogen-bond acceptors (Lipinski definition) is 22. The van der Waals surface area contributed by atoms with Gasteiger partial charge in [0.05, 0.1) is 39.6 Å². The molecule has 30 nitrogen and oxygen atoms in total. The molecule has 2 aliphatic heterocycles. The van der Waals surface area contributed by atoms with Crippen LogP contribution in [0.3, 0.4) is 0 Å². The third kappa shape index (κ3) is 31.7. The van der Waals surface area contributed by atoms with Gasteiger partial charge in [0.15, 0.2) is 12.6 Å². The molecule has 8 amide bonds. The number of hydrogen-bond donors (Lipinski definition) is 15. The lowest BCUT2D eigenvalue weighted by atomic mass is 9.97. The van der Waals surface area contributed by atoms with E-state index in [1.807, 2.05) is 0 Å². The van der Waals surface area contributed by atoms with Gasteiger partial charge in [0.2, 0.25) is 47.3 Å². The first-order valence-electron chi connectivity index (χ1n) is 28.2. The molecule has 0 bridgehead atoms. The standard InChI is InChI=1S/C52H94N8O22/c1-33(64)58-45-49(74)47(72)37(28-62)81-51(45)79-22-9-6-14-39(66)56-20-24-77-31-43(70)54-18-8-5-13-36(26-42(69)53-17-7-4-12-35(27-61)30-76-3)60-41(68)15-10-19-55-44(71)32-78-25-21-57-40(67)16-11-23-80-52-46(59-34(2)65)50(75)48(73)38(29-63)82-52/h35-38,45-52,61-63,72-75H,4-32H2,1-3H3,(H,53,69)(H,54,70)(H,55,71)(H,56,66)(H,57,67)(H,58,64)(H,59,65)(H,60,68)/t35?,36-,37?,38?,45?,46?,47+,48+,49+,50+,51+,52+/m0/s1. The molecule has 12 atom stereocenters. The van der Waals surface area contributed by atoms with Gasteiger partial charge in [0.1, 0.15) is 61.9 Å². The first kappa shape index (κ1) is 73.3. The maximum atomic E-state index is 13.0. The molecule has 0 radical (unpaired) electrons. The third-order valence-corrected chi connectivity index (χ3v) is 13.0. The number of carbonyl (C=O) groups is 8. The molecule has 0 saturated carbocycles. The SMILES string of the molecule is COCC(CO)CCCCNC(=O)C[C@H](CCCCNC(=O)COCCNC(=O)CCCCO[C@@H]1OC(CO)[C@@H](O)[C@H](O)C1NC(C)=O)NC(=O)CCCNC(=O)COCCNC(=O)CCCO[C@@H]1OC(CO)[C@@H](O)[C@H](O)C1NC(C)=O. The summed E-state index contributed by atoms with van der Waals surface area (Å²) in [5.74, 6) is -2.89. The summed E-state index contributed by atoms with van der Waals surface area (Å²) in [5.41, 5.74) is 0. The smallest absolute Gasteiger partial charge is 0.245 e. The summed E-state index contributed by atoms with van der Waals surface area (Å²) in [5, 5.41) is 91.0. The molecule has 2 aliphatic rings. The van der Waals surface area contributed by atoms with E-state index < -0.39 is 98.3 Å². The Balaban J connectivity index is 1.64. The Kier molecular flexibility index (Phi) is 39.1. The van der Waals surface area contributed by atoms with Crippen molar-refractivity contribution in [3.63, 3.8) is 0 Å². The van der Waals surface area contributed by atoms with Crippen LogP contribution in [0, 0.1) is 5.92 Å². The van der Waals surface area contributed by atoms with Crippen LogP contribution in [0.5, 0.6) is 0 Å². The van der Waals surface area contributed by atoms with Gasteiger partial charge >= 0.3 is 0 Å². The van der Waals surface area contributed by atoms with E-state index >= 15 is 0 Å². The molecule has 15 N–H and O–H groups in total. The second-order valence-corrected chi connectivity index (χ2v) is 20.1. The van der Waals surface area contributed by atoms with E-state index in [1.54, 1.807) is 7.11 Å². The number of aliphatic hydroxyl groups excluding tert-OH is 7. The molecule has 5 unspecified atom stereocenters. The number of rotatable bonds is 45. The zero-order valence-electron chi connectivity index (χ0n) is 47.7. The fourth-order valence-corrected chi connectivity index (χ4v) is 8.67. The summed E-state index contributed by atoms with van der Waals surface area (Å²) in [4.78, 5) is 98.5. The van der Waals surface area contributed by atoms with Crippen LogP contribution in [0.25, 0.3) is 0 Å². The summed E-state index contributed by atoms with van der Waals surface area (Å²) in [6, 6.07) is -2.67. The fourth-order valence-electron chi connectivity index (χ4n) is 8.67. The van der Waals surface area contributed by atoms with Crippen molar-refractivity contribution in [1.82, 2.24) is 42.5 Å². The lowest BCUT2D eigenvalue weighted by Gasteiger charge is -2.42. The van der Waals surface area contributed by atoms with Gasteiger partial charge in [-0.15, -0.1) is 0 Å². The maximum Gasteiger partial charge on any atom is 0.245 e. The molecular weight excluding hydrogens is 1090 g/mol. The van der Waals surface area contributed by atoms with Crippen LogP contribution in [0.2, 0.25) is 0 Å². The molecule has 2 saturated heterocycles. The second kappa shape index (κ2) is 43.8. The quantitative estimate of drug-likeness (QED) is 0.0253. The van der Waals surface area contributed by atoms with Gasteiger partial charge < -0.3 is 111 Å². The van der Waals surface area contributed by atoms with E-state index in [-0.39, 0.29) is 133 Å². The predicted octanol–water partition coefficient (Wildman–Crippen LogP) is -5.28. The van der Waals surface area contributed by atoms with Crippen molar-refractivity contribution >= 4 is 47.3 Å². The first-order valence-corrected chi connectivity index (χ1v) is 28.2. The van der Waals surface area contributed by atoms with Crippen molar-refractivity contribution < 1.29 is 107 Å². The van der Waals surface area contributed by atoms with E-state index in [1.165, 1.54) is 13.8 Å². The minimum Gasteiger partial charge on any atom is -0.396 e. The van der Waals surface area contributed by atoms with Crippen molar-refractivity contribution in [2.75, 3.05) is 106 Å². The average Bonchev–Trinajstić information content (AvgIpc) is 3.60. The molecule has 0 spiro atoms. The van der Waals surface area contributed by atoms with Crippen LogP contribution in [-0.2, 0) is 71.5 Å². The number of ether oxygens (including phenoxy) is 7. The highest BCUT2D eigenvalue weighted by molar-refractivity contribution is 5.80. The van der Waals surface area contributed by atoms with Crippen molar-refractivity contribution in [3.05, 3.63) is 0 Å². The molecule has 0 aromatic heterocycles. The molecule has 30 heteroatoms. The Morgan fingerprint density at radius 1 is 0.488 bits per heavy atom. The van der Waals surface area contributed by atoms with Gasteiger partial charge in [-0.2, -0.15) is 0 Å². The number of amides is 8. The number of aliphatic hydroxyl groups is 7. The van der Waals surface area contributed by atoms with Gasteiger partial charge in [-0.25, -0.2) is 0 Å². The van der Waals surface area contributed by atoms with Crippen molar-refractivity contribution in [2.45, 2.75) is 171 Å². The number of carbonyl (C=O) groups excluding carboxylic acids is 8. The zero-order valence-corrected chi connectivity index (χ0v) is 47.7. The molecule has 2 fully saturated rings. The van der Waals surface area contributed by atoms with E-state index in [2.05, 4.69) is 42.5 Å². The van der Waals surface area contributed by atoms with Gasteiger partial charge in [-0.05, 0) is 57.8 Å². The van der Waals surface area contributed by atoms with Gasteiger partial charge in [-0.3, -0.25) is 38.4 Å². The molecule has 474 valence electrons. The van der Waals surface area contributed by atoms with Crippen LogP contribution in [0.4, 0.5) is 0 Å². The highest BCUT2D eigenvalue weighted by Crippen LogP contribution is 2.24. The summed E-state index contributed by atoms with van der Waals surface area (Å²) >= 11 is 0. The molecule has 0 aliphatic carbocycles. The maximum absolute atomic E-state index is 13.0. The van der Waals surface area contributed by atoms with Crippen molar-refractivity contribution in [2.24, 2.45) is 5.92 Å². The lowest BCUT2D eigenvalue weighted by Crippen LogP contribution is -2.64. The topological polar surface area (TPSA) is 439 Å². The predicted molar refractivity (Wildman–Crippen MR) is 288 cm³/mol. The van der Waals surface area contributed by atoms with Crippen LogP contribution in [0.15, 0.2) is 0 Å². The summed E-state index contributed by atoms with van der Waals surface area (Å²) < 4.78 is 38.1. The first-order chi connectivity index (χ1) is 39.3. The fraction of sp³-hybridized carbons (Fsp3) is 0.846. The van der Waals surface area contributed by atoms with E-state index in [0.29, 0.717) is 64.6 Å². The van der Waals surface area contributed by atoms with Crippen LogP contribution in [0.1, 0.15) is 104 Å². The van der Waals surface area contributed by atoms with Crippen LogP contribution in [-0.4, -0.2) is 256 Å². The molecule has 0 aromatic carbocycles. The highest BCUT2D eigenvalue weighted by atomic mass is 16.7. The number of methoxy groups -OCH3 is 1. The molecule has 0 aromatic rings. The highest BCUT2D eigenvalue weighted by Gasteiger charge is 2.46. The number of nitrogens with one attached hydrogen (secondary N) is 8. The summed E-state index contributed by atoms with van der Waals surface area (Å²) in [7, 11) is 1.57. The van der Waals surface area contributed by atoms with Gasteiger partial charge in [0.25, 0.3) is 0 Å². The van der Waals surface area contributed by atoms with Crippen molar-refractivity contribution in [3.8, 4) is 0 Å². The molecule has 82 heavy (non-hydrogen) atoms. The summed E-state index contributed by atoms with van der Waals surface area (Å²) in [6.07, 6.45) is -4.86. The molecular formula is C52H94N8O22. The zero-order chi connectivity index (χ0) is 60.7. The van der Waals surface area contributed by atoms with Crippen LogP contribution >= 0.6 is 0 Å². The molecule has 2 heterocycles. The van der Waals surface area contributed by atoms with E-state index in [0.717, 1.165) is 12.8 Å². The Morgan fingerprint density at radius 3 is 1.43 bits per heavy atom.